The maximum Gasteiger partial charge on any atom is 0.311 e. The Hall–Kier alpha value is -1.18. The molecule has 1 unspecified atom stereocenters. The minimum atomic E-state index is -0.903. The standard InChI is InChI=1S/C14H15FINO3/c1-14(13(19)20)5-2-6-17(8-14)12(18)10-4-3-9(15)7-11(10)16/h3-4,7H,2,5-6,8H2,1H3,(H,19,20). The van der Waals surface area contributed by atoms with Crippen molar-refractivity contribution in [1.82, 2.24) is 4.90 Å². The summed E-state index contributed by atoms with van der Waals surface area (Å²) in [6, 6.07) is 4.00. The van der Waals surface area contributed by atoms with Crippen molar-refractivity contribution in [3.05, 3.63) is 33.1 Å². The van der Waals surface area contributed by atoms with Crippen LogP contribution in [0.25, 0.3) is 0 Å². The molecular formula is C14H15FINO3. The fraction of sp³-hybridized carbons (Fsp3) is 0.429. The molecule has 1 aromatic rings. The molecule has 1 heterocycles. The van der Waals surface area contributed by atoms with E-state index in [4.69, 9.17) is 0 Å². The molecular weight excluding hydrogens is 376 g/mol. The summed E-state index contributed by atoms with van der Waals surface area (Å²) in [5.74, 6) is -1.51. The third-order valence-electron chi connectivity index (χ3n) is 3.66. The van der Waals surface area contributed by atoms with E-state index in [0.717, 1.165) is 0 Å². The van der Waals surface area contributed by atoms with E-state index in [1.807, 2.05) is 22.6 Å². The predicted octanol–water partition coefficient (Wildman–Crippen LogP) is 2.76. The highest BCUT2D eigenvalue weighted by Gasteiger charge is 2.39. The first-order valence-electron chi connectivity index (χ1n) is 6.31. The predicted molar refractivity (Wildman–Crippen MR) is 80.0 cm³/mol. The van der Waals surface area contributed by atoms with E-state index in [-0.39, 0.29) is 18.3 Å². The highest BCUT2D eigenvalue weighted by atomic mass is 127. The molecule has 1 fully saturated rings. The van der Waals surface area contributed by atoms with Gasteiger partial charge >= 0.3 is 5.97 Å². The zero-order chi connectivity index (χ0) is 14.9. The Labute approximate surface area is 130 Å². The van der Waals surface area contributed by atoms with Gasteiger partial charge in [0.1, 0.15) is 5.82 Å². The first-order chi connectivity index (χ1) is 9.33. The van der Waals surface area contributed by atoms with Gasteiger partial charge in [0.15, 0.2) is 0 Å². The van der Waals surface area contributed by atoms with Gasteiger partial charge in [-0.2, -0.15) is 0 Å². The maximum absolute atomic E-state index is 13.1. The molecule has 1 N–H and O–H groups in total. The van der Waals surface area contributed by atoms with Crippen LogP contribution in [-0.2, 0) is 4.79 Å². The first-order valence-corrected chi connectivity index (χ1v) is 7.39. The van der Waals surface area contributed by atoms with Gasteiger partial charge in [0.2, 0.25) is 0 Å². The number of aliphatic carboxylic acids is 1. The van der Waals surface area contributed by atoms with Crippen LogP contribution >= 0.6 is 22.6 Å². The van der Waals surface area contributed by atoms with E-state index >= 15 is 0 Å². The van der Waals surface area contributed by atoms with Crippen LogP contribution in [0, 0.1) is 14.8 Å². The maximum atomic E-state index is 13.1. The summed E-state index contributed by atoms with van der Waals surface area (Å²) in [4.78, 5) is 25.3. The van der Waals surface area contributed by atoms with E-state index < -0.39 is 11.4 Å². The van der Waals surface area contributed by atoms with Crippen molar-refractivity contribution in [2.45, 2.75) is 19.8 Å². The molecule has 1 atom stereocenters. The van der Waals surface area contributed by atoms with Crippen LogP contribution in [0.5, 0.6) is 0 Å². The average Bonchev–Trinajstić information content (AvgIpc) is 2.38. The zero-order valence-corrected chi connectivity index (χ0v) is 13.2. The molecule has 0 bridgehead atoms. The van der Waals surface area contributed by atoms with Crippen molar-refractivity contribution < 1.29 is 19.1 Å². The monoisotopic (exact) mass is 391 g/mol. The van der Waals surface area contributed by atoms with Gasteiger partial charge in [-0.25, -0.2) is 4.39 Å². The Kier molecular flexibility index (Phi) is 4.31. The Bertz CT molecular complexity index is 563. The highest BCUT2D eigenvalue weighted by Crippen LogP contribution is 2.31. The molecule has 0 aromatic heterocycles. The van der Waals surface area contributed by atoms with Crippen molar-refractivity contribution in [3.8, 4) is 0 Å². The molecule has 1 aromatic carbocycles. The summed E-state index contributed by atoms with van der Waals surface area (Å²) in [7, 11) is 0. The number of carboxylic acids is 1. The van der Waals surface area contributed by atoms with E-state index in [1.54, 1.807) is 11.8 Å². The molecule has 1 aliphatic heterocycles. The fourth-order valence-electron chi connectivity index (χ4n) is 2.42. The lowest BCUT2D eigenvalue weighted by atomic mass is 9.82. The van der Waals surface area contributed by atoms with E-state index in [2.05, 4.69) is 0 Å². The number of hydrogen-bond donors (Lipinski definition) is 1. The van der Waals surface area contributed by atoms with Crippen LogP contribution < -0.4 is 0 Å². The Balaban J connectivity index is 2.23. The summed E-state index contributed by atoms with van der Waals surface area (Å²) in [5, 5.41) is 9.27. The molecule has 4 nitrogen and oxygen atoms in total. The summed E-state index contributed by atoms with van der Waals surface area (Å²) in [5.41, 5.74) is -0.485. The van der Waals surface area contributed by atoms with Gasteiger partial charge in [-0.15, -0.1) is 0 Å². The molecule has 1 aliphatic rings. The molecule has 20 heavy (non-hydrogen) atoms. The van der Waals surface area contributed by atoms with E-state index in [1.165, 1.54) is 18.2 Å². The normalized spacial score (nSPS) is 22.6. The number of halogens is 2. The molecule has 0 spiro atoms. The number of carbonyl (C=O) groups is 2. The van der Waals surface area contributed by atoms with E-state index in [9.17, 15) is 19.1 Å². The van der Waals surface area contributed by atoms with Gasteiger partial charge in [-0.1, -0.05) is 0 Å². The Morgan fingerprint density at radius 3 is 2.75 bits per heavy atom. The number of hydrogen-bond acceptors (Lipinski definition) is 2. The number of amides is 1. The quantitative estimate of drug-likeness (QED) is 0.789. The molecule has 0 saturated carbocycles. The number of carbonyl (C=O) groups excluding carboxylic acids is 1. The van der Waals surface area contributed by atoms with Crippen molar-refractivity contribution in [2.24, 2.45) is 5.41 Å². The van der Waals surface area contributed by atoms with Crippen LogP contribution in [0.15, 0.2) is 18.2 Å². The van der Waals surface area contributed by atoms with Gasteiger partial charge < -0.3 is 10.0 Å². The second-order valence-corrected chi connectivity index (χ2v) is 6.48. The van der Waals surface area contributed by atoms with Gasteiger partial charge in [-0.05, 0) is 60.6 Å². The Morgan fingerprint density at radius 2 is 2.15 bits per heavy atom. The molecule has 1 amide bonds. The largest absolute Gasteiger partial charge is 0.481 e. The van der Waals surface area contributed by atoms with Crippen LogP contribution in [0.3, 0.4) is 0 Å². The average molecular weight is 391 g/mol. The molecule has 2 rings (SSSR count). The summed E-state index contributed by atoms with van der Waals surface area (Å²) < 4.78 is 13.6. The lowest BCUT2D eigenvalue weighted by Crippen LogP contribution is -2.48. The highest BCUT2D eigenvalue weighted by molar-refractivity contribution is 14.1. The third-order valence-corrected chi connectivity index (χ3v) is 4.55. The van der Waals surface area contributed by atoms with Crippen LogP contribution in [-0.4, -0.2) is 35.0 Å². The van der Waals surface area contributed by atoms with Gasteiger partial charge in [0, 0.05) is 16.7 Å². The second kappa shape index (κ2) is 5.67. The molecule has 0 radical (unpaired) electrons. The Morgan fingerprint density at radius 1 is 1.45 bits per heavy atom. The molecule has 1 saturated heterocycles. The molecule has 108 valence electrons. The van der Waals surface area contributed by atoms with Crippen LogP contribution in [0.2, 0.25) is 0 Å². The number of rotatable bonds is 2. The number of likely N-dealkylation sites (tertiary alicyclic amines) is 1. The lowest BCUT2D eigenvalue weighted by molar-refractivity contribution is -0.150. The van der Waals surface area contributed by atoms with Crippen molar-refractivity contribution in [2.75, 3.05) is 13.1 Å². The van der Waals surface area contributed by atoms with Gasteiger partial charge in [-0.3, -0.25) is 9.59 Å². The summed E-state index contributed by atoms with van der Waals surface area (Å²) in [6.45, 7) is 2.38. The lowest BCUT2D eigenvalue weighted by Gasteiger charge is -2.37. The minimum Gasteiger partial charge on any atom is -0.481 e. The third kappa shape index (κ3) is 2.94. The number of carboxylic acid groups (broad SMARTS) is 1. The molecule has 0 aliphatic carbocycles. The zero-order valence-electron chi connectivity index (χ0n) is 11.0. The topological polar surface area (TPSA) is 57.6 Å². The SMILES string of the molecule is CC1(C(=O)O)CCCN(C(=O)c2ccc(F)cc2I)C1. The van der Waals surface area contributed by atoms with Gasteiger partial charge in [0.05, 0.1) is 11.0 Å². The summed E-state index contributed by atoms with van der Waals surface area (Å²) in [6.07, 6.45) is 1.22. The van der Waals surface area contributed by atoms with Crippen molar-refractivity contribution in [1.29, 1.82) is 0 Å². The first kappa shape index (κ1) is 15.2. The number of piperidine rings is 1. The van der Waals surface area contributed by atoms with Gasteiger partial charge in [0.25, 0.3) is 5.91 Å². The van der Waals surface area contributed by atoms with Crippen molar-refractivity contribution in [3.63, 3.8) is 0 Å². The van der Waals surface area contributed by atoms with E-state index in [0.29, 0.717) is 28.5 Å². The minimum absolute atomic E-state index is 0.189. The number of benzene rings is 1. The second-order valence-electron chi connectivity index (χ2n) is 5.32. The summed E-state index contributed by atoms with van der Waals surface area (Å²) >= 11 is 1.92. The number of nitrogens with zero attached hydrogens (tertiary/aromatic N) is 1. The van der Waals surface area contributed by atoms with Crippen molar-refractivity contribution >= 4 is 34.5 Å². The smallest absolute Gasteiger partial charge is 0.311 e. The van der Waals surface area contributed by atoms with Crippen LogP contribution in [0.4, 0.5) is 4.39 Å². The fourth-order valence-corrected chi connectivity index (χ4v) is 3.13. The van der Waals surface area contributed by atoms with Crippen LogP contribution in [0.1, 0.15) is 30.1 Å². The molecule has 6 heteroatoms.